The molecule has 0 unspecified atom stereocenters. The average molecular weight is 374 g/mol. The molecule has 0 aliphatic rings. The Bertz CT molecular complexity index is 609. The van der Waals surface area contributed by atoms with E-state index in [1.807, 2.05) is 30.0 Å². The van der Waals surface area contributed by atoms with E-state index in [2.05, 4.69) is 59.3 Å². The highest BCUT2D eigenvalue weighted by molar-refractivity contribution is 9.10. The van der Waals surface area contributed by atoms with E-state index < -0.39 is 0 Å². The standard InChI is InChI=1S/C20H24BrNO/c1-3-20(23)22(15-7-10-17-8-5-4-6-9-17)16(2)18-11-13-19(21)14-12-18/h4-6,8-9,11-14,16H,3,7,10,15H2,1-2H3/t16-/m0/s1. The number of hydrogen-bond acceptors (Lipinski definition) is 1. The Balaban J connectivity index is 2.01. The third-order valence-electron chi connectivity index (χ3n) is 4.15. The number of benzene rings is 2. The van der Waals surface area contributed by atoms with E-state index in [0.717, 1.165) is 23.9 Å². The van der Waals surface area contributed by atoms with Crippen LogP contribution >= 0.6 is 15.9 Å². The van der Waals surface area contributed by atoms with Gasteiger partial charge in [0.15, 0.2) is 0 Å². The molecule has 0 aliphatic carbocycles. The first-order valence-corrected chi connectivity index (χ1v) is 9.00. The summed E-state index contributed by atoms with van der Waals surface area (Å²) in [5.41, 5.74) is 2.50. The van der Waals surface area contributed by atoms with Gasteiger partial charge in [0.05, 0.1) is 6.04 Å². The van der Waals surface area contributed by atoms with Gasteiger partial charge in [-0.05, 0) is 43.0 Å². The van der Waals surface area contributed by atoms with E-state index in [1.165, 1.54) is 11.1 Å². The molecule has 0 spiro atoms. The van der Waals surface area contributed by atoms with Crippen molar-refractivity contribution in [1.82, 2.24) is 4.90 Å². The van der Waals surface area contributed by atoms with E-state index in [4.69, 9.17) is 0 Å². The molecule has 1 amide bonds. The van der Waals surface area contributed by atoms with Crippen molar-refractivity contribution >= 4 is 21.8 Å². The van der Waals surface area contributed by atoms with Crippen LogP contribution in [0.1, 0.15) is 43.9 Å². The summed E-state index contributed by atoms with van der Waals surface area (Å²) in [6.45, 7) is 4.83. The molecular formula is C20H24BrNO. The van der Waals surface area contributed by atoms with Gasteiger partial charge in [0, 0.05) is 17.4 Å². The molecule has 0 aliphatic heterocycles. The van der Waals surface area contributed by atoms with Gasteiger partial charge in [0.1, 0.15) is 0 Å². The van der Waals surface area contributed by atoms with E-state index >= 15 is 0 Å². The number of carbonyl (C=O) groups is 1. The molecule has 2 aromatic rings. The number of rotatable bonds is 7. The maximum Gasteiger partial charge on any atom is 0.222 e. The van der Waals surface area contributed by atoms with E-state index in [0.29, 0.717) is 6.42 Å². The Labute approximate surface area is 147 Å². The van der Waals surface area contributed by atoms with Gasteiger partial charge in [-0.25, -0.2) is 0 Å². The highest BCUT2D eigenvalue weighted by Crippen LogP contribution is 2.23. The van der Waals surface area contributed by atoms with Crippen LogP contribution in [0.4, 0.5) is 0 Å². The third-order valence-corrected chi connectivity index (χ3v) is 4.68. The molecule has 0 saturated heterocycles. The number of nitrogens with zero attached hydrogens (tertiary/aromatic N) is 1. The minimum absolute atomic E-state index is 0.103. The number of carbonyl (C=O) groups excluding carboxylic acids is 1. The molecule has 0 fully saturated rings. The molecule has 2 aromatic carbocycles. The summed E-state index contributed by atoms with van der Waals surface area (Å²) in [7, 11) is 0. The van der Waals surface area contributed by atoms with E-state index in [1.54, 1.807) is 0 Å². The lowest BCUT2D eigenvalue weighted by molar-refractivity contribution is -0.133. The lowest BCUT2D eigenvalue weighted by Gasteiger charge is -2.29. The van der Waals surface area contributed by atoms with Crippen molar-refractivity contribution in [2.75, 3.05) is 6.54 Å². The van der Waals surface area contributed by atoms with Crippen molar-refractivity contribution in [2.45, 2.75) is 39.2 Å². The highest BCUT2D eigenvalue weighted by atomic mass is 79.9. The van der Waals surface area contributed by atoms with Crippen molar-refractivity contribution in [3.8, 4) is 0 Å². The lowest BCUT2D eigenvalue weighted by atomic mass is 10.0. The van der Waals surface area contributed by atoms with Gasteiger partial charge in [-0.15, -0.1) is 0 Å². The number of aryl methyl sites for hydroxylation is 1. The summed E-state index contributed by atoms with van der Waals surface area (Å²) in [5.74, 6) is 0.216. The molecule has 1 atom stereocenters. The first-order chi connectivity index (χ1) is 11.1. The van der Waals surface area contributed by atoms with Crippen molar-refractivity contribution in [3.05, 3.63) is 70.2 Å². The topological polar surface area (TPSA) is 20.3 Å². The first-order valence-electron chi connectivity index (χ1n) is 8.20. The van der Waals surface area contributed by atoms with Gasteiger partial charge in [-0.2, -0.15) is 0 Å². The van der Waals surface area contributed by atoms with Gasteiger partial charge in [0.2, 0.25) is 5.91 Å². The summed E-state index contributed by atoms with van der Waals surface area (Å²) >= 11 is 3.46. The summed E-state index contributed by atoms with van der Waals surface area (Å²) in [5, 5.41) is 0. The Morgan fingerprint density at radius 1 is 1.09 bits per heavy atom. The van der Waals surface area contributed by atoms with Crippen molar-refractivity contribution < 1.29 is 4.79 Å². The van der Waals surface area contributed by atoms with Crippen LogP contribution < -0.4 is 0 Å². The van der Waals surface area contributed by atoms with Gasteiger partial charge in [-0.3, -0.25) is 4.79 Å². The fourth-order valence-electron chi connectivity index (χ4n) is 2.76. The molecule has 0 N–H and O–H groups in total. The monoisotopic (exact) mass is 373 g/mol. The number of hydrogen-bond donors (Lipinski definition) is 0. The second kappa shape index (κ2) is 8.88. The van der Waals surface area contributed by atoms with Gasteiger partial charge in [0.25, 0.3) is 0 Å². The van der Waals surface area contributed by atoms with Crippen molar-refractivity contribution in [2.24, 2.45) is 0 Å². The molecule has 0 bridgehead atoms. The van der Waals surface area contributed by atoms with Gasteiger partial charge < -0.3 is 4.90 Å². The Kier molecular flexibility index (Phi) is 6.85. The minimum atomic E-state index is 0.103. The molecule has 122 valence electrons. The van der Waals surface area contributed by atoms with Crippen LogP contribution in [0.25, 0.3) is 0 Å². The SMILES string of the molecule is CCC(=O)N(CCCc1ccccc1)[C@@H](C)c1ccc(Br)cc1. The minimum Gasteiger partial charge on any atom is -0.336 e. The van der Waals surface area contributed by atoms with Gasteiger partial charge >= 0.3 is 0 Å². The second-order valence-electron chi connectivity index (χ2n) is 5.76. The predicted octanol–water partition coefficient (Wildman–Crippen LogP) is 5.38. The van der Waals surface area contributed by atoms with Crippen LogP contribution in [-0.2, 0) is 11.2 Å². The smallest absolute Gasteiger partial charge is 0.222 e. The summed E-state index contributed by atoms with van der Waals surface area (Å²) in [4.78, 5) is 14.4. The van der Waals surface area contributed by atoms with Crippen LogP contribution in [0.15, 0.2) is 59.1 Å². The Morgan fingerprint density at radius 2 is 1.74 bits per heavy atom. The number of halogens is 1. The summed E-state index contributed by atoms with van der Waals surface area (Å²) < 4.78 is 1.06. The average Bonchev–Trinajstić information content (AvgIpc) is 2.59. The molecule has 0 radical (unpaired) electrons. The van der Waals surface area contributed by atoms with E-state index in [-0.39, 0.29) is 11.9 Å². The second-order valence-corrected chi connectivity index (χ2v) is 6.67. The van der Waals surface area contributed by atoms with Crippen LogP contribution in [-0.4, -0.2) is 17.4 Å². The fraction of sp³-hybridized carbons (Fsp3) is 0.350. The first kappa shape index (κ1) is 17.7. The largest absolute Gasteiger partial charge is 0.336 e. The number of amides is 1. The van der Waals surface area contributed by atoms with Crippen LogP contribution in [0, 0.1) is 0 Å². The molecule has 0 saturated carbocycles. The highest BCUT2D eigenvalue weighted by Gasteiger charge is 2.19. The van der Waals surface area contributed by atoms with Crippen molar-refractivity contribution in [3.63, 3.8) is 0 Å². The molecule has 2 nitrogen and oxygen atoms in total. The maximum atomic E-state index is 12.4. The summed E-state index contributed by atoms with van der Waals surface area (Å²) in [6.07, 6.45) is 2.53. The van der Waals surface area contributed by atoms with Crippen LogP contribution in [0.5, 0.6) is 0 Å². The third kappa shape index (κ3) is 5.21. The van der Waals surface area contributed by atoms with E-state index in [9.17, 15) is 4.79 Å². The van der Waals surface area contributed by atoms with Crippen LogP contribution in [0.3, 0.4) is 0 Å². The fourth-order valence-corrected chi connectivity index (χ4v) is 3.02. The maximum absolute atomic E-state index is 12.4. The molecule has 0 heterocycles. The predicted molar refractivity (Wildman–Crippen MR) is 99.3 cm³/mol. The molecule has 0 aromatic heterocycles. The van der Waals surface area contributed by atoms with Crippen molar-refractivity contribution in [1.29, 1.82) is 0 Å². The zero-order chi connectivity index (χ0) is 16.7. The molecule has 23 heavy (non-hydrogen) atoms. The quantitative estimate of drug-likeness (QED) is 0.637. The zero-order valence-corrected chi connectivity index (χ0v) is 15.4. The Hall–Kier alpha value is -1.61. The lowest BCUT2D eigenvalue weighted by Crippen LogP contribution is -2.34. The van der Waals surface area contributed by atoms with Crippen LogP contribution in [0.2, 0.25) is 0 Å². The molecular weight excluding hydrogens is 350 g/mol. The molecule has 3 heteroatoms. The zero-order valence-electron chi connectivity index (χ0n) is 13.8. The Morgan fingerprint density at radius 3 is 2.35 bits per heavy atom. The summed E-state index contributed by atoms with van der Waals surface area (Å²) in [6, 6.07) is 18.8. The normalized spacial score (nSPS) is 12.0. The van der Waals surface area contributed by atoms with Gasteiger partial charge in [-0.1, -0.05) is 65.3 Å². The molecule has 2 rings (SSSR count).